The topological polar surface area (TPSA) is 33.1 Å². The SMILES string of the molecule is Cn1ccnc1C1CNCCN1Cc1cc(F)c(F)c(F)c1. The first-order valence-corrected chi connectivity index (χ1v) is 7.11. The second-order valence-electron chi connectivity index (χ2n) is 5.46. The Hall–Kier alpha value is -1.86. The first-order valence-electron chi connectivity index (χ1n) is 7.11. The van der Waals surface area contributed by atoms with Crippen molar-refractivity contribution in [3.8, 4) is 0 Å². The molecule has 1 fully saturated rings. The van der Waals surface area contributed by atoms with E-state index >= 15 is 0 Å². The van der Waals surface area contributed by atoms with Gasteiger partial charge in [0.25, 0.3) is 0 Å². The minimum atomic E-state index is -1.43. The Bertz CT molecular complexity index is 648. The van der Waals surface area contributed by atoms with Gasteiger partial charge in [0.05, 0.1) is 6.04 Å². The molecule has 0 radical (unpaired) electrons. The lowest BCUT2D eigenvalue weighted by molar-refractivity contribution is 0.144. The number of rotatable bonds is 3. The zero-order valence-corrected chi connectivity index (χ0v) is 12.2. The number of piperazine rings is 1. The largest absolute Gasteiger partial charge is 0.337 e. The van der Waals surface area contributed by atoms with Gasteiger partial charge in [0.2, 0.25) is 0 Å². The number of nitrogens with zero attached hydrogens (tertiary/aromatic N) is 3. The smallest absolute Gasteiger partial charge is 0.194 e. The predicted octanol–water partition coefficient (Wildman–Crippen LogP) is 1.98. The second kappa shape index (κ2) is 6.10. The van der Waals surface area contributed by atoms with E-state index in [1.165, 1.54) is 0 Å². The van der Waals surface area contributed by atoms with Crippen LogP contribution in [0.5, 0.6) is 0 Å². The highest BCUT2D eigenvalue weighted by molar-refractivity contribution is 5.20. The number of benzene rings is 1. The highest BCUT2D eigenvalue weighted by atomic mass is 19.2. The van der Waals surface area contributed by atoms with E-state index in [4.69, 9.17) is 0 Å². The van der Waals surface area contributed by atoms with Crippen molar-refractivity contribution in [3.63, 3.8) is 0 Å². The summed E-state index contributed by atoms with van der Waals surface area (Å²) in [4.78, 5) is 6.44. The van der Waals surface area contributed by atoms with Gasteiger partial charge in [-0.2, -0.15) is 0 Å². The molecule has 118 valence electrons. The molecular weight excluding hydrogens is 293 g/mol. The molecule has 0 bridgehead atoms. The van der Waals surface area contributed by atoms with Gasteiger partial charge >= 0.3 is 0 Å². The third-order valence-electron chi connectivity index (χ3n) is 3.94. The Balaban J connectivity index is 1.84. The molecule has 1 saturated heterocycles. The fourth-order valence-electron chi connectivity index (χ4n) is 2.82. The van der Waals surface area contributed by atoms with Crippen LogP contribution in [0.1, 0.15) is 17.4 Å². The molecule has 1 aliphatic rings. The molecule has 4 nitrogen and oxygen atoms in total. The first-order chi connectivity index (χ1) is 10.6. The van der Waals surface area contributed by atoms with E-state index in [0.29, 0.717) is 18.7 Å². The highest BCUT2D eigenvalue weighted by Gasteiger charge is 2.27. The van der Waals surface area contributed by atoms with Gasteiger partial charge in [0, 0.05) is 45.6 Å². The van der Waals surface area contributed by atoms with Gasteiger partial charge < -0.3 is 9.88 Å². The van der Waals surface area contributed by atoms with Gasteiger partial charge in [0.1, 0.15) is 5.82 Å². The molecule has 2 heterocycles. The summed E-state index contributed by atoms with van der Waals surface area (Å²) in [7, 11) is 1.91. The van der Waals surface area contributed by atoms with Crippen molar-refractivity contribution >= 4 is 0 Å². The quantitative estimate of drug-likeness (QED) is 0.880. The van der Waals surface area contributed by atoms with Crippen LogP contribution in [0.4, 0.5) is 13.2 Å². The molecule has 1 aromatic heterocycles. The summed E-state index contributed by atoms with van der Waals surface area (Å²) >= 11 is 0. The van der Waals surface area contributed by atoms with E-state index in [1.807, 2.05) is 17.8 Å². The monoisotopic (exact) mass is 310 g/mol. The van der Waals surface area contributed by atoms with E-state index < -0.39 is 17.5 Å². The maximum atomic E-state index is 13.4. The van der Waals surface area contributed by atoms with Crippen molar-refractivity contribution in [1.29, 1.82) is 0 Å². The van der Waals surface area contributed by atoms with E-state index in [0.717, 1.165) is 31.0 Å². The molecule has 7 heteroatoms. The third kappa shape index (κ3) is 2.86. The average molecular weight is 310 g/mol. The van der Waals surface area contributed by atoms with Crippen molar-refractivity contribution in [2.45, 2.75) is 12.6 Å². The minimum absolute atomic E-state index is 0.00456. The predicted molar refractivity (Wildman–Crippen MR) is 75.5 cm³/mol. The van der Waals surface area contributed by atoms with Crippen LogP contribution in [0.25, 0.3) is 0 Å². The van der Waals surface area contributed by atoms with Crippen molar-refractivity contribution in [2.75, 3.05) is 19.6 Å². The van der Waals surface area contributed by atoms with E-state index in [9.17, 15) is 13.2 Å². The summed E-state index contributed by atoms with van der Waals surface area (Å²) in [6, 6.07) is 2.11. The van der Waals surface area contributed by atoms with E-state index in [-0.39, 0.29) is 6.04 Å². The number of halogens is 3. The minimum Gasteiger partial charge on any atom is -0.337 e. The summed E-state index contributed by atoms with van der Waals surface area (Å²) in [6.45, 7) is 2.55. The number of imidazole rings is 1. The molecule has 0 spiro atoms. The number of nitrogens with one attached hydrogen (secondary N) is 1. The van der Waals surface area contributed by atoms with Crippen LogP contribution in [0.15, 0.2) is 24.5 Å². The lowest BCUT2D eigenvalue weighted by atomic mass is 10.1. The normalized spacial score (nSPS) is 19.5. The summed E-state index contributed by atoms with van der Waals surface area (Å²) in [5.74, 6) is -2.85. The fourth-order valence-corrected chi connectivity index (χ4v) is 2.82. The maximum absolute atomic E-state index is 13.4. The molecule has 1 aromatic carbocycles. The van der Waals surface area contributed by atoms with Gasteiger partial charge in [-0.3, -0.25) is 4.90 Å². The Morgan fingerprint density at radius 2 is 2.00 bits per heavy atom. The molecule has 1 unspecified atom stereocenters. The molecule has 3 rings (SSSR count). The second-order valence-corrected chi connectivity index (χ2v) is 5.46. The molecule has 0 saturated carbocycles. The van der Waals surface area contributed by atoms with E-state index in [2.05, 4.69) is 15.2 Å². The molecule has 1 aliphatic heterocycles. The van der Waals surface area contributed by atoms with Crippen LogP contribution < -0.4 is 5.32 Å². The highest BCUT2D eigenvalue weighted by Crippen LogP contribution is 2.24. The number of aromatic nitrogens is 2. The van der Waals surface area contributed by atoms with Gasteiger partial charge in [-0.05, 0) is 17.7 Å². The van der Waals surface area contributed by atoms with Crippen LogP contribution in [-0.4, -0.2) is 34.1 Å². The lowest BCUT2D eigenvalue weighted by Crippen LogP contribution is -2.46. The van der Waals surface area contributed by atoms with Crippen LogP contribution in [0.2, 0.25) is 0 Å². The van der Waals surface area contributed by atoms with Crippen molar-refractivity contribution in [3.05, 3.63) is 53.4 Å². The van der Waals surface area contributed by atoms with Gasteiger partial charge in [-0.25, -0.2) is 18.2 Å². The van der Waals surface area contributed by atoms with Crippen molar-refractivity contribution in [2.24, 2.45) is 7.05 Å². The zero-order chi connectivity index (χ0) is 15.7. The lowest BCUT2D eigenvalue weighted by Gasteiger charge is -2.35. The Labute approximate surface area is 126 Å². The number of hydrogen-bond donors (Lipinski definition) is 1. The molecule has 1 N–H and O–H groups in total. The van der Waals surface area contributed by atoms with Crippen LogP contribution in [0.3, 0.4) is 0 Å². The average Bonchev–Trinajstić information content (AvgIpc) is 2.91. The summed E-state index contributed by atoms with van der Waals surface area (Å²) in [6.07, 6.45) is 3.58. The molecule has 2 aromatic rings. The number of hydrogen-bond acceptors (Lipinski definition) is 3. The third-order valence-corrected chi connectivity index (χ3v) is 3.94. The standard InChI is InChI=1S/C15H17F3N4/c1-21-4-3-20-15(21)13-8-19-2-5-22(13)9-10-6-11(16)14(18)12(17)7-10/h3-4,6-7,13,19H,2,5,8-9H2,1H3. The van der Waals surface area contributed by atoms with Crippen LogP contribution in [0, 0.1) is 17.5 Å². The molecule has 0 amide bonds. The maximum Gasteiger partial charge on any atom is 0.194 e. The number of aryl methyl sites for hydroxylation is 1. The summed E-state index contributed by atoms with van der Waals surface area (Å²) in [5, 5.41) is 3.29. The van der Waals surface area contributed by atoms with Crippen LogP contribution >= 0.6 is 0 Å². The zero-order valence-electron chi connectivity index (χ0n) is 12.2. The molecule has 0 aliphatic carbocycles. The molecule has 1 atom stereocenters. The molecular formula is C15H17F3N4. The fraction of sp³-hybridized carbons (Fsp3) is 0.400. The van der Waals surface area contributed by atoms with E-state index in [1.54, 1.807) is 6.20 Å². The van der Waals surface area contributed by atoms with Gasteiger partial charge in [0.15, 0.2) is 17.5 Å². The summed E-state index contributed by atoms with van der Waals surface area (Å²) in [5.41, 5.74) is 0.414. The summed E-state index contributed by atoms with van der Waals surface area (Å²) < 4.78 is 41.7. The van der Waals surface area contributed by atoms with Gasteiger partial charge in [-0.1, -0.05) is 0 Å². The van der Waals surface area contributed by atoms with Crippen molar-refractivity contribution in [1.82, 2.24) is 19.8 Å². The Kier molecular flexibility index (Phi) is 4.17. The first kappa shape index (κ1) is 15.1. The van der Waals surface area contributed by atoms with Crippen molar-refractivity contribution < 1.29 is 13.2 Å². The van der Waals surface area contributed by atoms with Gasteiger partial charge in [-0.15, -0.1) is 0 Å². The molecule has 22 heavy (non-hydrogen) atoms. The van der Waals surface area contributed by atoms with Crippen LogP contribution in [-0.2, 0) is 13.6 Å². The Morgan fingerprint density at radius 3 is 2.64 bits per heavy atom. The Morgan fingerprint density at radius 1 is 1.27 bits per heavy atom.